The van der Waals surface area contributed by atoms with Crippen LogP contribution < -0.4 is 5.32 Å². The van der Waals surface area contributed by atoms with Crippen LogP contribution in [0.5, 0.6) is 0 Å². The summed E-state index contributed by atoms with van der Waals surface area (Å²) < 4.78 is 5.94. The van der Waals surface area contributed by atoms with Crippen molar-refractivity contribution < 1.29 is 24.5 Å². The number of allylic oxidation sites excluding steroid dienone is 2. The molecule has 3 N–H and O–H groups in total. The number of hydrogen-bond acceptors (Lipinski definition) is 5. The quantitative estimate of drug-likeness (QED) is 0.0322. The van der Waals surface area contributed by atoms with Crippen molar-refractivity contribution in [2.75, 3.05) is 6.61 Å². The highest BCUT2D eigenvalue weighted by atomic mass is 16.5. The molecule has 1 amide bonds. The summed E-state index contributed by atoms with van der Waals surface area (Å²) >= 11 is 0. The highest BCUT2D eigenvalue weighted by molar-refractivity contribution is 5.77. The molecule has 362 valence electrons. The van der Waals surface area contributed by atoms with Gasteiger partial charge in [0.25, 0.3) is 0 Å². The Bertz CT molecular complexity index is 924. The number of carbonyl (C=O) groups excluding carboxylic acids is 2. The van der Waals surface area contributed by atoms with Crippen LogP contribution in [0.25, 0.3) is 0 Å². The number of nitrogens with one attached hydrogen (secondary N) is 1. The van der Waals surface area contributed by atoms with Crippen molar-refractivity contribution in [2.24, 2.45) is 0 Å². The van der Waals surface area contributed by atoms with Gasteiger partial charge in [-0.15, -0.1) is 0 Å². The molecule has 0 aromatic rings. The molecule has 0 fully saturated rings. The van der Waals surface area contributed by atoms with E-state index in [1.165, 1.54) is 205 Å². The van der Waals surface area contributed by atoms with Crippen LogP contribution in [-0.4, -0.2) is 46.9 Å². The van der Waals surface area contributed by atoms with Gasteiger partial charge in [0.05, 0.1) is 25.2 Å². The van der Waals surface area contributed by atoms with E-state index < -0.39 is 18.2 Å². The number of hydrogen-bond donors (Lipinski definition) is 3. The Morgan fingerprint density at radius 3 is 1.16 bits per heavy atom. The molecule has 0 aliphatic carbocycles. The number of carbonyl (C=O) groups is 2. The zero-order chi connectivity index (χ0) is 44.5. The Hall–Kier alpha value is -1.40. The van der Waals surface area contributed by atoms with E-state index in [1.807, 2.05) is 0 Å². The molecule has 6 heteroatoms. The number of aliphatic hydroxyl groups excluding tert-OH is 2. The van der Waals surface area contributed by atoms with Crippen molar-refractivity contribution in [3.05, 3.63) is 12.2 Å². The molecule has 6 nitrogen and oxygen atoms in total. The molecule has 3 unspecified atom stereocenters. The second kappa shape index (κ2) is 49.6. The average molecular weight is 862 g/mol. The van der Waals surface area contributed by atoms with E-state index in [0.29, 0.717) is 19.3 Å². The van der Waals surface area contributed by atoms with E-state index in [-0.39, 0.29) is 24.9 Å². The minimum atomic E-state index is -0.783. The third kappa shape index (κ3) is 45.0. The Balaban J connectivity index is 4.51. The van der Waals surface area contributed by atoms with E-state index in [0.717, 1.165) is 51.4 Å². The van der Waals surface area contributed by atoms with Crippen LogP contribution >= 0.6 is 0 Å². The Morgan fingerprint density at radius 1 is 0.459 bits per heavy atom. The topological polar surface area (TPSA) is 95.9 Å². The van der Waals surface area contributed by atoms with Gasteiger partial charge in [-0.1, -0.05) is 251 Å². The Labute approximate surface area is 380 Å². The first-order valence-electron chi connectivity index (χ1n) is 27.4. The van der Waals surface area contributed by atoms with Gasteiger partial charge in [0.15, 0.2) is 0 Å². The summed E-state index contributed by atoms with van der Waals surface area (Å²) in [6.07, 6.45) is 55.6. The molecular formula is C55H107NO5. The van der Waals surface area contributed by atoms with Gasteiger partial charge in [-0.25, -0.2) is 0 Å². The fourth-order valence-corrected chi connectivity index (χ4v) is 8.66. The predicted octanol–water partition coefficient (Wildman–Crippen LogP) is 16.5. The predicted molar refractivity (Wildman–Crippen MR) is 264 cm³/mol. The molecule has 0 saturated carbocycles. The minimum Gasteiger partial charge on any atom is -0.462 e. The second-order valence-electron chi connectivity index (χ2n) is 19.0. The molecular weight excluding hydrogens is 755 g/mol. The summed E-state index contributed by atoms with van der Waals surface area (Å²) in [7, 11) is 0. The zero-order valence-corrected chi connectivity index (χ0v) is 41.3. The Morgan fingerprint density at radius 2 is 0.787 bits per heavy atom. The highest BCUT2D eigenvalue weighted by Crippen LogP contribution is 2.19. The van der Waals surface area contributed by atoms with Gasteiger partial charge in [0.2, 0.25) is 5.91 Å². The maximum atomic E-state index is 13.2. The molecule has 0 aromatic carbocycles. The normalized spacial score (nSPS) is 13.2. The largest absolute Gasteiger partial charge is 0.462 e. The number of aliphatic hydroxyl groups is 2. The van der Waals surface area contributed by atoms with Crippen LogP contribution in [-0.2, 0) is 14.3 Å². The molecule has 0 heterocycles. The molecule has 0 aliphatic rings. The van der Waals surface area contributed by atoms with Crippen molar-refractivity contribution in [3.63, 3.8) is 0 Å². The van der Waals surface area contributed by atoms with E-state index in [2.05, 4.69) is 38.2 Å². The van der Waals surface area contributed by atoms with Gasteiger partial charge < -0.3 is 20.3 Å². The van der Waals surface area contributed by atoms with Crippen LogP contribution in [0.2, 0.25) is 0 Å². The fourth-order valence-electron chi connectivity index (χ4n) is 8.66. The van der Waals surface area contributed by atoms with Crippen LogP contribution in [0.15, 0.2) is 12.2 Å². The summed E-state index contributed by atoms with van der Waals surface area (Å²) in [6, 6.07) is -0.696. The highest BCUT2D eigenvalue weighted by Gasteiger charge is 2.24. The number of esters is 1. The molecule has 0 spiro atoms. The first kappa shape index (κ1) is 59.6. The lowest BCUT2D eigenvalue weighted by atomic mass is 10.0. The smallest absolute Gasteiger partial charge is 0.306 e. The van der Waals surface area contributed by atoms with Gasteiger partial charge >= 0.3 is 5.97 Å². The number of ether oxygens (including phenoxy) is 1. The number of amides is 1. The monoisotopic (exact) mass is 862 g/mol. The maximum absolute atomic E-state index is 13.2. The summed E-state index contributed by atoms with van der Waals surface area (Å²) in [5.41, 5.74) is 0. The average Bonchev–Trinajstić information content (AvgIpc) is 3.25. The van der Waals surface area contributed by atoms with Gasteiger partial charge in [-0.3, -0.25) is 9.59 Å². The Kier molecular flexibility index (Phi) is 48.5. The van der Waals surface area contributed by atoms with E-state index >= 15 is 0 Å². The molecule has 61 heavy (non-hydrogen) atoms. The van der Waals surface area contributed by atoms with Crippen LogP contribution in [0, 0.1) is 0 Å². The summed E-state index contributed by atoms with van der Waals surface area (Å²) in [6.45, 7) is 6.50. The molecule has 0 bridgehead atoms. The van der Waals surface area contributed by atoms with Gasteiger partial charge in [-0.2, -0.15) is 0 Å². The second-order valence-corrected chi connectivity index (χ2v) is 19.0. The van der Waals surface area contributed by atoms with Crippen molar-refractivity contribution in [3.8, 4) is 0 Å². The van der Waals surface area contributed by atoms with Gasteiger partial charge in [-0.05, 0) is 51.4 Å². The standard InChI is InChI=1S/C55H107NO5/c1-4-7-10-13-16-19-22-24-26-27-28-29-32-34-37-40-43-46-51(61-55(60)48-45-42-39-36-31-21-18-15-12-9-6-3)49-54(59)56-52(50-57)53(58)47-44-41-38-35-33-30-25-23-20-17-14-11-8-5-2/h24,26,51-53,57-58H,4-23,25,27-50H2,1-3H3,(H,56,59)/b26-24+. The minimum absolute atomic E-state index is 0.0818. The molecule has 0 rings (SSSR count). The SMILES string of the molecule is CCCCCCCC/C=C/CCCCCCCCCC(CC(=O)NC(CO)C(O)CCCCCCCCCCCCCCCC)OC(=O)CCCCCCCCCCCCC. The van der Waals surface area contributed by atoms with E-state index in [9.17, 15) is 19.8 Å². The third-order valence-electron chi connectivity index (χ3n) is 12.8. The van der Waals surface area contributed by atoms with Gasteiger partial charge in [0.1, 0.15) is 6.10 Å². The fraction of sp³-hybridized carbons (Fsp3) is 0.927. The van der Waals surface area contributed by atoms with Crippen molar-refractivity contribution in [2.45, 2.75) is 322 Å². The lowest BCUT2D eigenvalue weighted by Gasteiger charge is -2.24. The molecule has 0 radical (unpaired) electrons. The van der Waals surface area contributed by atoms with Gasteiger partial charge in [0, 0.05) is 6.42 Å². The van der Waals surface area contributed by atoms with Crippen LogP contribution in [0.3, 0.4) is 0 Å². The van der Waals surface area contributed by atoms with E-state index in [1.54, 1.807) is 0 Å². The number of unbranched alkanes of at least 4 members (excludes halogenated alkanes) is 36. The zero-order valence-electron chi connectivity index (χ0n) is 41.3. The molecule has 0 aromatic heterocycles. The van der Waals surface area contributed by atoms with Crippen molar-refractivity contribution in [1.29, 1.82) is 0 Å². The van der Waals surface area contributed by atoms with Crippen LogP contribution in [0.4, 0.5) is 0 Å². The molecule has 0 saturated heterocycles. The maximum Gasteiger partial charge on any atom is 0.306 e. The summed E-state index contributed by atoms with van der Waals surface area (Å²) in [5, 5.41) is 23.8. The first-order chi connectivity index (χ1) is 30.0. The lowest BCUT2D eigenvalue weighted by molar-refractivity contribution is -0.151. The lowest BCUT2D eigenvalue weighted by Crippen LogP contribution is -2.46. The van der Waals surface area contributed by atoms with Crippen molar-refractivity contribution >= 4 is 11.9 Å². The van der Waals surface area contributed by atoms with Crippen molar-refractivity contribution in [1.82, 2.24) is 5.32 Å². The molecule has 3 atom stereocenters. The molecule has 0 aliphatic heterocycles. The van der Waals surface area contributed by atoms with E-state index in [4.69, 9.17) is 4.74 Å². The summed E-state index contributed by atoms with van der Waals surface area (Å²) in [5.74, 6) is -0.459. The third-order valence-corrected chi connectivity index (χ3v) is 12.8. The van der Waals surface area contributed by atoms with Crippen LogP contribution in [0.1, 0.15) is 303 Å². The first-order valence-corrected chi connectivity index (χ1v) is 27.4. The summed E-state index contributed by atoms with van der Waals surface area (Å²) in [4.78, 5) is 26.2. The number of rotatable bonds is 50.